The molecule has 0 aliphatic carbocycles. The zero-order valence-electron chi connectivity index (χ0n) is 15.1. The normalized spacial score (nSPS) is 11.6. The van der Waals surface area contributed by atoms with E-state index >= 15 is 0 Å². The Balaban J connectivity index is 1.58. The van der Waals surface area contributed by atoms with Crippen molar-refractivity contribution in [3.63, 3.8) is 0 Å². The number of nitrogens with zero attached hydrogens (tertiary/aromatic N) is 3. The highest BCUT2D eigenvalue weighted by atomic mass is 32.1. The fraction of sp³-hybridized carbons (Fsp3) is 0.200. The minimum Gasteiger partial charge on any atom is -0.329 e. The second-order valence-electron chi connectivity index (χ2n) is 6.26. The number of aromatic nitrogens is 2. The molecule has 138 valence electrons. The van der Waals surface area contributed by atoms with Crippen molar-refractivity contribution in [2.75, 3.05) is 0 Å². The van der Waals surface area contributed by atoms with Gasteiger partial charge in [-0.3, -0.25) is 9.20 Å². The summed E-state index contributed by atoms with van der Waals surface area (Å²) in [4.78, 5) is 24.0. The highest BCUT2D eigenvalue weighted by Crippen LogP contribution is 2.22. The molecule has 4 aromatic heterocycles. The molecule has 0 fully saturated rings. The first-order chi connectivity index (χ1) is 13.1. The average molecular weight is 414 g/mol. The maximum absolute atomic E-state index is 13.0. The minimum atomic E-state index is 0.0121. The zero-order valence-corrected chi connectivity index (χ0v) is 17.5. The van der Waals surface area contributed by atoms with Gasteiger partial charge in [-0.05, 0) is 42.8 Å². The Kier molecular flexibility index (Phi) is 5.24. The molecular weight excluding hydrogens is 394 g/mol. The number of imidazole rings is 1. The van der Waals surface area contributed by atoms with Crippen molar-refractivity contribution >= 4 is 51.0 Å². The molecule has 0 atom stereocenters. The van der Waals surface area contributed by atoms with Crippen LogP contribution in [0.3, 0.4) is 0 Å². The zero-order chi connectivity index (χ0) is 18.8. The predicted octanol–water partition coefficient (Wildman–Crippen LogP) is 5.38. The average Bonchev–Trinajstić information content (AvgIpc) is 3.40. The third kappa shape index (κ3) is 4.05. The van der Waals surface area contributed by atoms with Crippen LogP contribution < -0.4 is 0 Å². The number of thiophene rings is 2. The molecule has 0 bridgehead atoms. The molecule has 27 heavy (non-hydrogen) atoms. The summed E-state index contributed by atoms with van der Waals surface area (Å²) in [7, 11) is 0. The van der Waals surface area contributed by atoms with E-state index < -0.39 is 0 Å². The molecule has 0 aliphatic heterocycles. The van der Waals surface area contributed by atoms with Crippen molar-refractivity contribution in [2.45, 2.75) is 26.9 Å². The van der Waals surface area contributed by atoms with Crippen LogP contribution in [0.4, 0.5) is 0 Å². The topological polar surface area (TPSA) is 37.6 Å². The first-order valence-electron chi connectivity index (χ1n) is 8.57. The van der Waals surface area contributed by atoms with E-state index in [1.54, 1.807) is 40.1 Å². The number of rotatable bonds is 6. The Morgan fingerprint density at radius 1 is 1.15 bits per heavy atom. The molecule has 0 aromatic carbocycles. The number of thiazole rings is 1. The van der Waals surface area contributed by atoms with Gasteiger partial charge >= 0.3 is 0 Å². The van der Waals surface area contributed by atoms with E-state index in [1.165, 1.54) is 14.6 Å². The molecule has 0 unspecified atom stereocenters. The highest BCUT2D eigenvalue weighted by Gasteiger charge is 2.15. The molecule has 4 aromatic rings. The second kappa shape index (κ2) is 7.80. The number of carbonyl (C=O) groups is 1. The fourth-order valence-electron chi connectivity index (χ4n) is 2.93. The summed E-state index contributed by atoms with van der Waals surface area (Å²) in [6.45, 7) is 5.29. The largest absolute Gasteiger partial charge is 0.329 e. The van der Waals surface area contributed by atoms with Crippen LogP contribution >= 0.6 is 34.0 Å². The van der Waals surface area contributed by atoms with E-state index in [4.69, 9.17) is 0 Å². The van der Waals surface area contributed by atoms with Crippen LogP contribution in [-0.4, -0.2) is 20.2 Å². The number of amides is 1. The summed E-state index contributed by atoms with van der Waals surface area (Å²) >= 11 is 5.01. The molecule has 0 spiro atoms. The maximum atomic E-state index is 13.0. The van der Waals surface area contributed by atoms with E-state index in [9.17, 15) is 4.79 Å². The molecule has 0 radical (unpaired) electrons. The summed E-state index contributed by atoms with van der Waals surface area (Å²) in [6.07, 6.45) is 5.63. The van der Waals surface area contributed by atoms with E-state index in [-0.39, 0.29) is 5.91 Å². The van der Waals surface area contributed by atoms with E-state index in [0.29, 0.717) is 13.1 Å². The fourth-order valence-corrected chi connectivity index (χ4v) is 5.25. The lowest BCUT2D eigenvalue weighted by Gasteiger charge is -2.19. The molecule has 1 amide bonds. The SMILES string of the molecule is Cc1cn2c(/C=C/C(=O)N(Cc3cccs3)Cc3cccs3)c(C)nc2s1. The molecule has 0 aliphatic rings. The first kappa shape index (κ1) is 18.2. The molecule has 0 N–H and O–H groups in total. The van der Waals surface area contributed by atoms with Crippen molar-refractivity contribution in [3.05, 3.63) is 73.3 Å². The van der Waals surface area contributed by atoms with Gasteiger partial charge in [0, 0.05) is 26.9 Å². The lowest BCUT2D eigenvalue weighted by molar-refractivity contribution is -0.127. The number of hydrogen-bond donors (Lipinski definition) is 0. The van der Waals surface area contributed by atoms with Crippen molar-refractivity contribution in [1.29, 1.82) is 0 Å². The van der Waals surface area contributed by atoms with Gasteiger partial charge in [-0.25, -0.2) is 4.98 Å². The van der Waals surface area contributed by atoms with Crippen LogP contribution in [0.25, 0.3) is 11.0 Å². The summed E-state index contributed by atoms with van der Waals surface area (Å²) in [5.74, 6) is 0.0121. The van der Waals surface area contributed by atoms with Gasteiger partial charge < -0.3 is 4.90 Å². The van der Waals surface area contributed by atoms with Crippen LogP contribution in [0, 0.1) is 13.8 Å². The lowest BCUT2D eigenvalue weighted by atomic mass is 10.3. The van der Waals surface area contributed by atoms with Crippen LogP contribution in [0.1, 0.15) is 26.0 Å². The Hall–Kier alpha value is -2.22. The molecule has 4 heterocycles. The molecule has 4 nitrogen and oxygen atoms in total. The quantitative estimate of drug-likeness (QED) is 0.398. The van der Waals surface area contributed by atoms with Gasteiger partial charge in [0.2, 0.25) is 5.91 Å². The van der Waals surface area contributed by atoms with Gasteiger partial charge in [-0.2, -0.15) is 0 Å². The summed E-state index contributed by atoms with van der Waals surface area (Å²) in [5.41, 5.74) is 1.91. The van der Waals surface area contributed by atoms with Gasteiger partial charge in [-0.1, -0.05) is 12.1 Å². The maximum Gasteiger partial charge on any atom is 0.247 e. The van der Waals surface area contributed by atoms with Crippen LogP contribution in [0.5, 0.6) is 0 Å². The molecular formula is C20H19N3OS3. The van der Waals surface area contributed by atoms with E-state index in [0.717, 1.165) is 16.3 Å². The van der Waals surface area contributed by atoms with Gasteiger partial charge in [0.05, 0.1) is 24.5 Å². The van der Waals surface area contributed by atoms with Gasteiger partial charge in [0.1, 0.15) is 0 Å². The third-order valence-electron chi connectivity index (χ3n) is 4.21. The molecule has 0 saturated heterocycles. The van der Waals surface area contributed by atoms with Gasteiger partial charge in [-0.15, -0.1) is 34.0 Å². The molecule has 0 saturated carbocycles. The standard InChI is InChI=1S/C20H19N3OS3/c1-14-11-23-18(15(2)21-20(23)27-14)7-8-19(24)22(12-16-5-3-9-25-16)13-17-6-4-10-26-17/h3-11H,12-13H2,1-2H3/b8-7+. The third-order valence-corrected chi connectivity index (χ3v) is 6.83. The van der Waals surface area contributed by atoms with Crippen molar-refractivity contribution < 1.29 is 4.79 Å². The monoisotopic (exact) mass is 413 g/mol. The Labute approximate surface area is 170 Å². The number of aryl methyl sites for hydroxylation is 2. The smallest absolute Gasteiger partial charge is 0.247 e. The van der Waals surface area contributed by atoms with Crippen LogP contribution in [-0.2, 0) is 17.9 Å². The van der Waals surface area contributed by atoms with Crippen LogP contribution in [0.15, 0.2) is 47.3 Å². The second-order valence-corrected chi connectivity index (χ2v) is 9.54. The Bertz CT molecular complexity index is 1040. The summed E-state index contributed by atoms with van der Waals surface area (Å²) < 4.78 is 2.06. The minimum absolute atomic E-state index is 0.0121. The van der Waals surface area contributed by atoms with E-state index in [1.807, 2.05) is 40.8 Å². The summed E-state index contributed by atoms with van der Waals surface area (Å²) in [6, 6.07) is 8.19. The van der Waals surface area contributed by atoms with Gasteiger partial charge in [0.25, 0.3) is 0 Å². The molecule has 7 heteroatoms. The number of fused-ring (bicyclic) bond motifs is 1. The molecule has 4 rings (SSSR count). The van der Waals surface area contributed by atoms with Gasteiger partial charge in [0.15, 0.2) is 4.96 Å². The first-order valence-corrected chi connectivity index (χ1v) is 11.1. The predicted molar refractivity (Wildman–Crippen MR) is 114 cm³/mol. The van der Waals surface area contributed by atoms with E-state index in [2.05, 4.69) is 34.6 Å². The van der Waals surface area contributed by atoms with Crippen molar-refractivity contribution in [2.24, 2.45) is 0 Å². The highest BCUT2D eigenvalue weighted by molar-refractivity contribution is 7.17. The van der Waals surface area contributed by atoms with Crippen LogP contribution in [0.2, 0.25) is 0 Å². The lowest BCUT2D eigenvalue weighted by Crippen LogP contribution is -2.27. The number of hydrogen-bond acceptors (Lipinski definition) is 5. The van der Waals surface area contributed by atoms with Crippen molar-refractivity contribution in [3.8, 4) is 0 Å². The Morgan fingerprint density at radius 2 is 1.81 bits per heavy atom. The van der Waals surface area contributed by atoms with Crippen molar-refractivity contribution in [1.82, 2.24) is 14.3 Å². The number of carbonyl (C=O) groups excluding carboxylic acids is 1. The Morgan fingerprint density at radius 3 is 2.41 bits per heavy atom. The summed E-state index contributed by atoms with van der Waals surface area (Å²) in [5, 5.41) is 4.09.